The van der Waals surface area contributed by atoms with Gasteiger partial charge in [-0.3, -0.25) is 14.9 Å². The Labute approximate surface area is 120 Å². The summed E-state index contributed by atoms with van der Waals surface area (Å²) in [5, 5.41) is 20.0. The summed E-state index contributed by atoms with van der Waals surface area (Å²) in [4.78, 5) is 24.3. The van der Waals surface area contributed by atoms with E-state index in [-0.39, 0.29) is 28.1 Å². The number of nitro benzene ring substituents is 1. The maximum Gasteiger partial charge on any atom is 0.283 e. The molecule has 7 heteroatoms. The molecule has 6 nitrogen and oxygen atoms in total. The number of amides is 1. The Morgan fingerprint density at radius 3 is 2.65 bits per heavy atom. The molecule has 1 aromatic carbocycles. The molecule has 0 N–H and O–H groups in total. The fourth-order valence-electron chi connectivity index (χ4n) is 2.22. The van der Waals surface area contributed by atoms with E-state index in [4.69, 9.17) is 16.9 Å². The number of nitrogens with zero attached hydrogens (tertiary/aromatic N) is 3. The first kappa shape index (κ1) is 14.3. The van der Waals surface area contributed by atoms with E-state index in [1.807, 2.05) is 0 Å². The number of carbonyl (C=O) groups excluding carboxylic acids is 1. The maximum atomic E-state index is 12.3. The molecule has 0 atom stereocenters. The molecule has 0 spiro atoms. The number of benzene rings is 1. The summed E-state index contributed by atoms with van der Waals surface area (Å²) in [6, 6.07) is 6.19. The van der Waals surface area contributed by atoms with Gasteiger partial charge in [0.2, 0.25) is 0 Å². The molecule has 0 bridgehead atoms. The molecule has 1 aliphatic heterocycles. The molecule has 0 unspecified atom stereocenters. The number of nitriles is 1. The van der Waals surface area contributed by atoms with Crippen LogP contribution in [0.1, 0.15) is 23.2 Å². The average molecular weight is 294 g/mol. The summed E-state index contributed by atoms with van der Waals surface area (Å²) in [7, 11) is 0. The van der Waals surface area contributed by atoms with Gasteiger partial charge in [-0.1, -0.05) is 11.6 Å². The first-order chi connectivity index (χ1) is 9.52. The van der Waals surface area contributed by atoms with Crippen molar-refractivity contribution in [3.05, 3.63) is 38.9 Å². The van der Waals surface area contributed by atoms with Crippen LogP contribution < -0.4 is 0 Å². The Balaban J connectivity index is 2.22. The Bertz CT molecular complexity index is 589. The van der Waals surface area contributed by atoms with E-state index in [1.54, 1.807) is 4.90 Å². The Hall–Kier alpha value is -2.13. The highest BCUT2D eigenvalue weighted by atomic mass is 35.5. The Morgan fingerprint density at radius 2 is 2.10 bits per heavy atom. The number of carbonyl (C=O) groups is 1. The predicted molar refractivity (Wildman–Crippen MR) is 72.3 cm³/mol. The number of rotatable bonds is 2. The number of piperidine rings is 1. The van der Waals surface area contributed by atoms with Gasteiger partial charge in [-0.05, 0) is 25.0 Å². The molecule has 0 radical (unpaired) electrons. The van der Waals surface area contributed by atoms with Crippen molar-refractivity contribution in [2.75, 3.05) is 13.1 Å². The molecular formula is C13H12ClN3O3. The normalized spacial score (nSPS) is 15.7. The van der Waals surface area contributed by atoms with Crippen molar-refractivity contribution in [2.45, 2.75) is 12.8 Å². The first-order valence-electron chi connectivity index (χ1n) is 6.15. The summed E-state index contributed by atoms with van der Waals surface area (Å²) >= 11 is 5.72. The van der Waals surface area contributed by atoms with Crippen molar-refractivity contribution in [1.82, 2.24) is 4.90 Å². The molecular weight excluding hydrogens is 282 g/mol. The van der Waals surface area contributed by atoms with E-state index in [1.165, 1.54) is 18.2 Å². The standard InChI is InChI=1S/C13H12ClN3O3/c14-10-1-2-11(12(7-10)17(19)20)13(18)16-5-3-9(8-15)4-6-16/h1-2,7,9H,3-6H2. The van der Waals surface area contributed by atoms with E-state index in [0.717, 1.165) is 0 Å². The number of nitro groups is 1. The van der Waals surface area contributed by atoms with Gasteiger partial charge in [0, 0.05) is 30.1 Å². The molecule has 20 heavy (non-hydrogen) atoms. The van der Waals surface area contributed by atoms with Crippen molar-refractivity contribution in [3.63, 3.8) is 0 Å². The zero-order valence-corrected chi connectivity index (χ0v) is 11.3. The molecule has 104 valence electrons. The SMILES string of the molecule is N#CC1CCN(C(=O)c2ccc(Cl)cc2[N+](=O)[O-])CC1. The van der Waals surface area contributed by atoms with Gasteiger partial charge in [0.05, 0.1) is 11.0 Å². The molecule has 0 saturated carbocycles. The van der Waals surface area contributed by atoms with Crippen molar-refractivity contribution in [2.24, 2.45) is 5.92 Å². The van der Waals surface area contributed by atoms with Crippen LogP contribution in [-0.4, -0.2) is 28.8 Å². The third-order valence-corrected chi connectivity index (χ3v) is 3.59. The number of hydrogen-bond acceptors (Lipinski definition) is 4. The van der Waals surface area contributed by atoms with Crippen molar-refractivity contribution in [1.29, 1.82) is 5.26 Å². The molecule has 2 rings (SSSR count). The second kappa shape index (κ2) is 5.88. The van der Waals surface area contributed by atoms with Crippen LogP contribution >= 0.6 is 11.6 Å². The van der Waals surface area contributed by atoms with E-state index < -0.39 is 4.92 Å². The zero-order valence-electron chi connectivity index (χ0n) is 10.6. The minimum absolute atomic E-state index is 0.0369. The van der Waals surface area contributed by atoms with Crippen LogP contribution in [0.5, 0.6) is 0 Å². The van der Waals surface area contributed by atoms with Crippen LogP contribution in [0, 0.1) is 27.4 Å². The first-order valence-corrected chi connectivity index (χ1v) is 6.53. The highest BCUT2D eigenvalue weighted by Gasteiger charge is 2.28. The Kier molecular flexibility index (Phi) is 4.20. The second-order valence-electron chi connectivity index (χ2n) is 4.61. The second-order valence-corrected chi connectivity index (χ2v) is 5.05. The highest BCUT2D eigenvalue weighted by molar-refractivity contribution is 6.31. The third-order valence-electron chi connectivity index (χ3n) is 3.35. The predicted octanol–water partition coefficient (Wildman–Crippen LogP) is 2.62. The summed E-state index contributed by atoms with van der Waals surface area (Å²) < 4.78 is 0. The summed E-state index contributed by atoms with van der Waals surface area (Å²) in [6.07, 6.45) is 1.20. The topological polar surface area (TPSA) is 87.2 Å². The average Bonchev–Trinajstić information content (AvgIpc) is 2.46. The van der Waals surface area contributed by atoms with E-state index in [9.17, 15) is 14.9 Å². The van der Waals surface area contributed by atoms with Crippen LogP contribution in [-0.2, 0) is 0 Å². The Morgan fingerprint density at radius 1 is 1.45 bits per heavy atom. The third kappa shape index (κ3) is 2.89. The molecule has 0 aliphatic carbocycles. The van der Waals surface area contributed by atoms with E-state index in [2.05, 4.69) is 6.07 Å². The summed E-state index contributed by atoms with van der Waals surface area (Å²) in [6.45, 7) is 0.883. The molecule has 0 aromatic heterocycles. The lowest BCUT2D eigenvalue weighted by molar-refractivity contribution is -0.385. The van der Waals surface area contributed by atoms with E-state index in [0.29, 0.717) is 25.9 Å². The highest BCUT2D eigenvalue weighted by Crippen LogP contribution is 2.26. The van der Waals surface area contributed by atoms with Gasteiger partial charge in [-0.2, -0.15) is 5.26 Å². The zero-order chi connectivity index (χ0) is 14.7. The van der Waals surface area contributed by atoms with Crippen LogP contribution in [0.2, 0.25) is 5.02 Å². The molecule has 1 aromatic rings. The summed E-state index contributed by atoms with van der Waals surface area (Å²) in [5.74, 6) is -0.427. The fraction of sp³-hybridized carbons (Fsp3) is 0.385. The molecule has 1 aliphatic rings. The number of likely N-dealkylation sites (tertiary alicyclic amines) is 1. The molecule has 1 amide bonds. The smallest absolute Gasteiger partial charge is 0.283 e. The lowest BCUT2D eigenvalue weighted by Gasteiger charge is -2.29. The van der Waals surface area contributed by atoms with Gasteiger partial charge >= 0.3 is 0 Å². The van der Waals surface area contributed by atoms with Crippen LogP contribution in [0.15, 0.2) is 18.2 Å². The van der Waals surface area contributed by atoms with Gasteiger partial charge in [0.25, 0.3) is 11.6 Å². The largest absolute Gasteiger partial charge is 0.338 e. The monoisotopic (exact) mass is 293 g/mol. The number of hydrogen-bond donors (Lipinski definition) is 0. The molecule has 1 heterocycles. The van der Waals surface area contributed by atoms with Crippen molar-refractivity contribution < 1.29 is 9.72 Å². The van der Waals surface area contributed by atoms with Gasteiger partial charge < -0.3 is 4.90 Å². The van der Waals surface area contributed by atoms with Crippen molar-refractivity contribution >= 4 is 23.2 Å². The minimum Gasteiger partial charge on any atom is -0.338 e. The van der Waals surface area contributed by atoms with Gasteiger partial charge in [-0.25, -0.2) is 0 Å². The number of halogens is 1. The van der Waals surface area contributed by atoms with Crippen LogP contribution in [0.25, 0.3) is 0 Å². The van der Waals surface area contributed by atoms with Crippen molar-refractivity contribution in [3.8, 4) is 6.07 Å². The van der Waals surface area contributed by atoms with Crippen LogP contribution in [0.4, 0.5) is 5.69 Å². The fourth-order valence-corrected chi connectivity index (χ4v) is 2.39. The molecule has 1 fully saturated rings. The van der Waals surface area contributed by atoms with Gasteiger partial charge in [0.15, 0.2) is 0 Å². The summed E-state index contributed by atoms with van der Waals surface area (Å²) in [5.41, 5.74) is -0.250. The van der Waals surface area contributed by atoms with E-state index >= 15 is 0 Å². The van der Waals surface area contributed by atoms with Crippen LogP contribution in [0.3, 0.4) is 0 Å². The maximum absolute atomic E-state index is 12.3. The molecule has 1 saturated heterocycles. The van der Waals surface area contributed by atoms with Gasteiger partial charge in [0.1, 0.15) is 5.56 Å². The minimum atomic E-state index is -0.610. The quantitative estimate of drug-likeness (QED) is 0.619. The lowest BCUT2D eigenvalue weighted by Crippen LogP contribution is -2.38. The van der Waals surface area contributed by atoms with Gasteiger partial charge in [-0.15, -0.1) is 0 Å². The lowest BCUT2D eigenvalue weighted by atomic mass is 9.98.